The molecule has 2 aromatic rings. The van der Waals surface area contributed by atoms with Gasteiger partial charge in [-0.1, -0.05) is 18.2 Å². The van der Waals surface area contributed by atoms with Crippen LogP contribution in [0.2, 0.25) is 0 Å². The van der Waals surface area contributed by atoms with Crippen molar-refractivity contribution in [1.29, 1.82) is 0 Å². The van der Waals surface area contributed by atoms with E-state index in [4.69, 9.17) is 0 Å². The Kier molecular flexibility index (Phi) is 2.28. The Labute approximate surface area is 111 Å². The summed E-state index contributed by atoms with van der Waals surface area (Å²) in [4.78, 5) is 17.8. The van der Waals surface area contributed by atoms with Gasteiger partial charge in [-0.2, -0.15) is 0 Å². The van der Waals surface area contributed by atoms with Crippen LogP contribution in [0, 0.1) is 5.92 Å². The Morgan fingerprint density at radius 3 is 2.79 bits per heavy atom. The molecule has 96 valence electrons. The standard InChI is InChI=1S/C16H16N2O/c19-16-11-5-7-18(8-6-11)15(16)9-12-10-17-14-4-2-1-3-13(12)14/h1-4,9-11,17H,5-8H2/b15-9-. The van der Waals surface area contributed by atoms with Crippen LogP contribution in [0.1, 0.15) is 18.4 Å². The highest BCUT2D eigenvalue weighted by Gasteiger charge is 2.36. The van der Waals surface area contributed by atoms with E-state index in [1.54, 1.807) is 0 Å². The third-order valence-electron chi connectivity index (χ3n) is 4.37. The summed E-state index contributed by atoms with van der Waals surface area (Å²) in [5.74, 6) is 0.601. The molecule has 0 spiro atoms. The Morgan fingerprint density at radius 1 is 1.21 bits per heavy atom. The number of aromatic nitrogens is 1. The number of H-pyrrole nitrogens is 1. The third kappa shape index (κ3) is 1.61. The van der Waals surface area contributed by atoms with E-state index in [2.05, 4.69) is 28.1 Å². The van der Waals surface area contributed by atoms with Gasteiger partial charge >= 0.3 is 0 Å². The summed E-state index contributed by atoms with van der Waals surface area (Å²) in [6.07, 6.45) is 6.12. The number of hydrogen-bond donors (Lipinski definition) is 1. The summed E-state index contributed by atoms with van der Waals surface area (Å²) in [6, 6.07) is 8.21. The third-order valence-corrected chi connectivity index (χ3v) is 4.37. The van der Waals surface area contributed by atoms with Gasteiger partial charge in [0.05, 0.1) is 5.70 Å². The lowest BCUT2D eigenvalue weighted by Gasteiger charge is -2.41. The second-order valence-electron chi connectivity index (χ2n) is 5.44. The van der Waals surface area contributed by atoms with Gasteiger partial charge < -0.3 is 9.88 Å². The summed E-state index contributed by atoms with van der Waals surface area (Å²) in [5.41, 5.74) is 3.15. The lowest BCUT2D eigenvalue weighted by molar-refractivity contribution is -0.125. The molecule has 3 nitrogen and oxygen atoms in total. The number of carbonyl (C=O) groups is 1. The molecule has 3 aliphatic rings. The summed E-state index contributed by atoms with van der Waals surface area (Å²) in [7, 11) is 0. The topological polar surface area (TPSA) is 36.1 Å². The number of aromatic amines is 1. The van der Waals surface area contributed by atoms with Gasteiger partial charge in [-0.05, 0) is 25.0 Å². The minimum atomic E-state index is 0.265. The van der Waals surface area contributed by atoms with Crippen molar-refractivity contribution in [3.8, 4) is 0 Å². The van der Waals surface area contributed by atoms with Crippen LogP contribution < -0.4 is 0 Å². The van der Waals surface area contributed by atoms with Crippen LogP contribution in [-0.2, 0) is 4.79 Å². The van der Waals surface area contributed by atoms with Gasteiger partial charge in [0.15, 0.2) is 5.78 Å². The minimum Gasteiger partial charge on any atom is -0.369 e. The Morgan fingerprint density at radius 2 is 2.00 bits per heavy atom. The number of hydrogen-bond acceptors (Lipinski definition) is 2. The minimum absolute atomic E-state index is 0.265. The van der Waals surface area contributed by atoms with E-state index in [0.29, 0.717) is 5.78 Å². The number of rotatable bonds is 1. The number of fused-ring (bicyclic) bond motifs is 4. The zero-order valence-corrected chi connectivity index (χ0v) is 10.7. The van der Waals surface area contributed by atoms with Crippen LogP contribution in [-0.4, -0.2) is 28.8 Å². The molecule has 0 radical (unpaired) electrons. The number of nitrogens with zero attached hydrogens (tertiary/aromatic N) is 1. The normalized spacial score (nSPS) is 21.8. The van der Waals surface area contributed by atoms with Crippen LogP contribution in [0.3, 0.4) is 0 Å². The molecular weight excluding hydrogens is 236 g/mol. The fourth-order valence-electron chi connectivity index (χ4n) is 3.27. The van der Waals surface area contributed by atoms with Crippen LogP contribution in [0.25, 0.3) is 17.0 Å². The fourth-order valence-corrected chi connectivity index (χ4v) is 3.27. The molecule has 2 bridgehead atoms. The zero-order chi connectivity index (χ0) is 12.8. The Bertz CT molecular complexity index is 675. The number of benzene rings is 1. The first-order valence-corrected chi connectivity index (χ1v) is 6.90. The van der Waals surface area contributed by atoms with Crippen molar-refractivity contribution in [3.63, 3.8) is 0 Å². The molecule has 0 aliphatic carbocycles. The van der Waals surface area contributed by atoms with Gasteiger partial charge in [-0.15, -0.1) is 0 Å². The first-order chi connectivity index (χ1) is 9.33. The van der Waals surface area contributed by atoms with E-state index in [1.807, 2.05) is 18.3 Å². The van der Waals surface area contributed by atoms with E-state index in [-0.39, 0.29) is 5.92 Å². The van der Waals surface area contributed by atoms with Crippen LogP contribution in [0.5, 0.6) is 0 Å². The number of carbonyl (C=O) groups excluding carboxylic acids is 1. The number of allylic oxidation sites excluding steroid dienone is 1. The average molecular weight is 252 g/mol. The monoisotopic (exact) mass is 252 g/mol. The van der Waals surface area contributed by atoms with Crippen molar-refractivity contribution in [2.45, 2.75) is 12.8 Å². The van der Waals surface area contributed by atoms with Crippen molar-refractivity contribution in [3.05, 3.63) is 41.7 Å². The maximum absolute atomic E-state index is 12.3. The van der Waals surface area contributed by atoms with Crippen molar-refractivity contribution in [2.75, 3.05) is 13.1 Å². The van der Waals surface area contributed by atoms with E-state index in [0.717, 1.165) is 42.7 Å². The summed E-state index contributed by atoms with van der Waals surface area (Å²) >= 11 is 0. The summed E-state index contributed by atoms with van der Waals surface area (Å²) in [5, 5.41) is 1.19. The van der Waals surface area contributed by atoms with E-state index in [1.165, 1.54) is 5.39 Å². The fraction of sp³-hybridized carbons (Fsp3) is 0.312. The number of nitrogens with one attached hydrogen (secondary N) is 1. The lowest BCUT2D eigenvalue weighted by atomic mass is 9.84. The highest BCUT2D eigenvalue weighted by atomic mass is 16.1. The van der Waals surface area contributed by atoms with Gasteiger partial charge in [0.2, 0.25) is 0 Å². The molecule has 0 saturated carbocycles. The Hall–Kier alpha value is -2.03. The quantitative estimate of drug-likeness (QED) is 0.792. The summed E-state index contributed by atoms with van der Waals surface area (Å²) < 4.78 is 0. The molecule has 4 heterocycles. The molecule has 1 aromatic heterocycles. The molecule has 1 aromatic carbocycles. The van der Waals surface area contributed by atoms with E-state index in [9.17, 15) is 4.79 Å². The smallest absolute Gasteiger partial charge is 0.182 e. The first kappa shape index (κ1) is 10.9. The van der Waals surface area contributed by atoms with Crippen LogP contribution in [0.15, 0.2) is 36.2 Å². The van der Waals surface area contributed by atoms with Crippen LogP contribution >= 0.6 is 0 Å². The average Bonchev–Trinajstić information content (AvgIpc) is 2.87. The van der Waals surface area contributed by atoms with Gasteiger partial charge in [-0.25, -0.2) is 0 Å². The second kappa shape index (κ2) is 3.98. The predicted molar refractivity (Wildman–Crippen MR) is 75.6 cm³/mol. The van der Waals surface area contributed by atoms with Gasteiger partial charge in [0.25, 0.3) is 0 Å². The molecule has 1 N–H and O–H groups in total. The SMILES string of the molecule is O=C1/C(=C/c2c[nH]c3ccccc23)N2CCC1CC2. The van der Waals surface area contributed by atoms with Crippen LogP contribution in [0.4, 0.5) is 0 Å². The molecule has 3 heteroatoms. The van der Waals surface area contributed by atoms with Crippen molar-refractivity contribution >= 4 is 22.8 Å². The summed E-state index contributed by atoms with van der Waals surface area (Å²) in [6.45, 7) is 2.06. The van der Waals surface area contributed by atoms with Crippen molar-refractivity contribution in [2.24, 2.45) is 5.92 Å². The molecule has 0 amide bonds. The van der Waals surface area contributed by atoms with Gasteiger partial charge in [0, 0.05) is 41.7 Å². The first-order valence-electron chi connectivity index (χ1n) is 6.90. The molecule has 0 atom stereocenters. The molecule has 3 aliphatic heterocycles. The van der Waals surface area contributed by atoms with E-state index < -0.39 is 0 Å². The Balaban J connectivity index is 1.81. The molecule has 3 fully saturated rings. The largest absolute Gasteiger partial charge is 0.369 e. The lowest BCUT2D eigenvalue weighted by Crippen LogP contribution is -2.45. The number of Topliss-reactive ketones (excluding diaryl/α,β-unsaturated/α-hetero) is 1. The zero-order valence-electron chi connectivity index (χ0n) is 10.7. The number of piperidine rings is 3. The van der Waals surface area contributed by atoms with E-state index >= 15 is 0 Å². The molecular formula is C16H16N2O. The maximum atomic E-state index is 12.3. The predicted octanol–water partition coefficient (Wildman–Crippen LogP) is 2.80. The van der Waals surface area contributed by atoms with Crippen molar-refractivity contribution in [1.82, 2.24) is 9.88 Å². The molecule has 0 unspecified atom stereocenters. The highest BCUT2D eigenvalue weighted by molar-refractivity contribution is 6.03. The molecule has 5 rings (SSSR count). The van der Waals surface area contributed by atoms with Gasteiger partial charge in [0.1, 0.15) is 0 Å². The maximum Gasteiger partial charge on any atom is 0.182 e. The van der Waals surface area contributed by atoms with Gasteiger partial charge in [-0.3, -0.25) is 4.79 Å². The molecule has 19 heavy (non-hydrogen) atoms. The highest BCUT2D eigenvalue weighted by Crippen LogP contribution is 2.33. The number of ketones is 1. The second-order valence-corrected chi connectivity index (χ2v) is 5.44. The van der Waals surface area contributed by atoms with Crippen molar-refractivity contribution < 1.29 is 4.79 Å². The molecule has 3 saturated heterocycles. The number of para-hydroxylation sites is 1.